The Balaban J connectivity index is 1.55. The molecule has 1 saturated heterocycles. The Hall–Kier alpha value is -2.35. The molecule has 0 bridgehead atoms. The van der Waals surface area contributed by atoms with Crippen molar-refractivity contribution >= 4 is 23.4 Å². The number of urea groups is 1. The normalized spacial score (nSPS) is 16.0. The molecular formula is C16H21ClN6O2. The quantitative estimate of drug-likeness (QED) is 0.896. The minimum Gasteiger partial charge on any atom is -0.353 e. The number of nitrogens with zero attached hydrogens (tertiary/aromatic N) is 5. The average Bonchev–Trinajstić information content (AvgIpc) is 3.06. The van der Waals surface area contributed by atoms with Crippen LogP contribution in [0.4, 0.5) is 10.6 Å². The summed E-state index contributed by atoms with van der Waals surface area (Å²) >= 11 is 5.87. The number of aryl methyl sites for hydroxylation is 1. The van der Waals surface area contributed by atoms with Gasteiger partial charge in [-0.1, -0.05) is 23.7 Å². The lowest BCUT2D eigenvalue weighted by atomic mass is 10.2. The van der Waals surface area contributed by atoms with E-state index in [0.717, 1.165) is 18.9 Å². The molecule has 3 heterocycles. The molecule has 2 aromatic heterocycles. The Morgan fingerprint density at radius 1 is 1.36 bits per heavy atom. The summed E-state index contributed by atoms with van der Waals surface area (Å²) in [5.74, 6) is 1.88. The topological polar surface area (TPSA) is 87.4 Å². The van der Waals surface area contributed by atoms with E-state index in [1.807, 2.05) is 19.1 Å². The fourth-order valence-electron chi connectivity index (χ4n) is 2.73. The van der Waals surface area contributed by atoms with Gasteiger partial charge in [0, 0.05) is 32.4 Å². The van der Waals surface area contributed by atoms with E-state index in [1.165, 1.54) is 0 Å². The van der Waals surface area contributed by atoms with Gasteiger partial charge in [-0.15, -0.1) is 0 Å². The highest BCUT2D eigenvalue weighted by molar-refractivity contribution is 6.30. The van der Waals surface area contributed by atoms with E-state index < -0.39 is 0 Å². The number of rotatable bonds is 4. The zero-order valence-electron chi connectivity index (χ0n) is 14.3. The fourth-order valence-corrected chi connectivity index (χ4v) is 2.84. The Labute approximate surface area is 151 Å². The summed E-state index contributed by atoms with van der Waals surface area (Å²) in [6.07, 6.45) is 2.32. The number of carbonyl (C=O) groups is 1. The van der Waals surface area contributed by atoms with Crippen molar-refractivity contribution in [1.82, 2.24) is 25.3 Å². The van der Waals surface area contributed by atoms with Crippen molar-refractivity contribution in [3.8, 4) is 0 Å². The van der Waals surface area contributed by atoms with Crippen LogP contribution in [0.15, 0.2) is 22.9 Å². The second kappa shape index (κ2) is 7.69. The minimum absolute atomic E-state index is 0.119. The lowest BCUT2D eigenvalue weighted by molar-refractivity contribution is 0.186. The number of hydrogen-bond acceptors (Lipinski definition) is 6. The summed E-state index contributed by atoms with van der Waals surface area (Å²) in [7, 11) is 0. The highest BCUT2D eigenvalue weighted by Gasteiger charge is 2.25. The molecule has 8 nitrogen and oxygen atoms in total. The minimum atomic E-state index is -0.273. The van der Waals surface area contributed by atoms with Gasteiger partial charge in [-0.05, 0) is 25.5 Å². The number of halogens is 1. The van der Waals surface area contributed by atoms with Crippen molar-refractivity contribution in [2.24, 2.45) is 0 Å². The van der Waals surface area contributed by atoms with E-state index in [-0.39, 0.29) is 12.1 Å². The van der Waals surface area contributed by atoms with Crippen molar-refractivity contribution in [3.63, 3.8) is 0 Å². The van der Waals surface area contributed by atoms with E-state index in [2.05, 4.69) is 25.3 Å². The van der Waals surface area contributed by atoms with Crippen LogP contribution in [-0.2, 0) is 0 Å². The largest absolute Gasteiger partial charge is 0.353 e. The van der Waals surface area contributed by atoms with E-state index in [9.17, 15) is 4.79 Å². The van der Waals surface area contributed by atoms with E-state index >= 15 is 0 Å². The van der Waals surface area contributed by atoms with Crippen LogP contribution < -0.4 is 10.2 Å². The molecule has 1 N–H and O–H groups in total. The van der Waals surface area contributed by atoms with Crippen molar-refractivity contribution < 1.29 is 9.32 Å². The van der Waals surface area contributed by atoms with Crippen LogP contribution in [-0.4, -0.2) is 52.2 Å². The van der Waals surface area contributed by atoms with Gasteiger partial charge in [0.25, 0.3) is 0 Å². The summed E-state index contributed by atoms with van der Waals surface area (Å²) in [4.78, 5) is 25.0. The number of aromatic nitrogens is 3. The van der Waals surface area contributed by atoms with Crippen LogP contribution in [0, 0.1) is 6.92 Å². The van der Waals surface area contributed by atoms with Gasteiger partial charge in [-0.25, -0.2) is 9.78 Å². The molecule has 9 heteroatoms. The van der Waals surface area contributed by atoms with Crippen LogP contribution >= 0.6 is 11.6 Å². The van der Waals surface area contributed by atoms with Gasteiger partial charge in [0.1, 0.15) is 11.9 Å². The fraction of sp³-hybridized carbons (Fsp3) is 0.500. The molecule has 0 aliphatic carbocycles. The number of carbonyl (C=O) groups excluding carboxylic acids is 1. The summed E-state index contributed by atoms with van der Waals surface area (Å²) in [6.45, 7) is 6.40. The number of nitrogens with one attached hydrogen (secondary N) is 1. The predicted molar refractivity (Wildman–Crippen MR) is 93.6 cm³/mol. The maximum atomic E-state index is 12.5. The maximum absolute atomic E-state index is 12.5. The summed E-state index contributed by atoms with van der Waals surface area (Å²) in [6, 6.07) is 3.32. The summed E-state index contributed by atoms with van der Waals surface area (Å²) in [5, 5.41) is 7.36. The lowest BCUT2D eigenvalue weighted by Gasteiger charge is -2.35. The van der Waals surface area contributed by atoms with Crippen molar-refractivity contribution in [3.05, 3.63) is 35.1 Å². The van der Waals surface area contributed by atoms with Gasteiger partial charge in [-0.3, -0.25) is 0 Å². The van der Waals surface area contributed by atoms with Gasteiger partial charge >= 0.3 is 6.03 Å². The third-order valence-corrected chi connectivity index (χ3v) is 4.37. The van der Waals surface area contributed by atoms with Crippen LogP contribution in [0.25, 0.3) is 0 Å². The molecule has 0 aromatic carbocycles. The molecule has 25 heavy (non-hydrogen) atoms. The molecule has 1 atom stereocenters. The molecule has 134 valence electrons. The highest BCUT2D eigenvalue weighted by Crippen LogP contribution is 2.18. The number of anilines is 1. The molecule has 0 unspecified atom stereocenters. The number of amides is 2. The third kappa shape index (κ3) is 4.19. The first-order valence-electron chi connectivity index (χ1n) is 8.29. The van der Waals surface area contributed by atoms with Crippen LogP contribution in [0.1, 0.15) is 31.1 Å². The average molecular weight is 365 g/mol. The highest BCUT2D eigenvalue weighted by atomic mass is 35.5. The Kier molecular flexibility index (Phi) is 5.37. The van der Waals surface area contributed by atoms with E-state index in [0.29, 0.717) is 36.2 Å². The van der Waals surface area contributed by atoms with Gasteiger partial charge in [0.05, 0.1) is 5.02 Å². The molecule has 2 amide bonds. The molecular weight excluding hydrogens is 344 g/mol. The second-order valence-corrected chi connectivity index (χ2v) is 6.34. The van der Waals surface area contributed by atoms with Crippen molar-refractivity contribution in [1.29, 1.82) is 0 Å². The van der Waals surface area contributed by atoms with E-state index in [1.54, 1.807) is 18.0 Å². The van der Waals surface area contributed by atoms with E-state index in [4.69, 9.17) is 16.1 Å². The third-order valence-electron chi connectivity index (χ3n) is 4.15. The summed E-state index contributed by atoms with van der Waals surface area (Å²) < 4.78 is 5.17. The molecule has 0 radical (unpaired) electrons. The van der Waals surface area contributed by atoms with Gasteiger partial charge in [-0.2, -0.15) is 4.98 Å². The smallest absolute Gasteiger partial charge is 0.318 e. The van der Waals surface area contributed by atoms with Crippen LogP contribution in [0.5, 0.6) is 0 Å². The number of piperazine rings is 1. The molecule has 0 saturated carbocycles. The number of pyridine rings is 1. The molecule has 1 aliphatic heterocycles. The number of hydrogen-bond donors (Lipinski definition) is 1. The maximum Gasteiger partial charge on any atom is 0.318 e. The van der Waals surface area contributed by atoms with Gasteiger partial charge in [0.2, 0.25) is 5.89 Å². The van der Waals surface area contributed by atoms with Crippen molar-refractivity contribution in [2.45, 2.75) is 26.3 Å². The standard InChI is InChI=1S/C16H21ClN6O2/c1-3-13(15-19-11(2)21-25-15)20-16(24)23-8-6-22(7-9-23)14-5-4-12(17)10-18-14/h4-5,10,13H,3,6-9H2,1-2H3,(H,20,24)/t13-/m1/s1. The zero-order valence-corrected chi connectivity index (χ0v) is 15.0. The first-order valence-corrected chi connectivity index (χ1v) is 8.66. The molecule has 2 aromatic rings. The van der Waals surface area contributed by atoms with Crippen LogP contribution in [0.3, 0.4) is 0 Å². The zero-order chi connectivity index (χ0) is 17.8. The first-order chi connectivity index (χ1) is 12.1. The van der Waals surface area contributed by atoms with Crippen molar-refractivity contribution in [2.75, 3.05) is 31.1 Å². The molecule has 3 rings (SSSR count). The SMILES string of the molecule is CC[C@@H](NC(=O)N1CCN(c2ccc(Cl)cn2)CC1)c1nc(C)no1. The van der Waals surface area contributed by atoms with Gasteiger partial charge in [0.15, 0.2) is 5.82 Å². The lowest BCUT2D eigenvalue weighted by Crippen LogP contribution is -2.52. The summed E-state index contributed by atoms with van der Waals surface area (Å²) in [5.41, 5.74) is 0. The first kappa shape index (κ1) is 17.5. The van der Waals surface area contributed by atoms with Gasteiger partial charge < -0.3 is 19.6 Å². The Morgan fingerprint density at radius 2 is 2.12 bits per heavy atom. The molecule has 0 spiro atoms. The Bertz CT molecular complexity index is 712. The monoisotopic (exact) mass is 364 g/mol. The Morgan fingerprint density at radius 3 is 2.68 bits per heavy atom. The van der Waals surface area contributed by atoms with Crippen LogP contribution in [0.2, 0.25) is 5.02 Å². The molecule has 1 fully saturated rings. The predicted octanol–water partition coefficient (Wildman–Crippen LogP) is 2.41. The molecule has 1 aliphatic rings. The second-order valence-electron chi connectivity index (χ2n) is 5.90.